The lowest BCUT2D eigenvalue weighted by Gasteiger charge is -2.11. The van der Waals surface area contributed by atoms with Crippen LogP contribution in [0.2, 0.25) is 0 Å². The zero-order valence-corrected chi connectivity index (χ0v) is 15.5. The summed E-state index contributed by atoms with van der Waals surface area (Å²) in [5, 5.41) is 5.03. The van der Waals surface area contributed by atoms with Crippen LogP contribution < -0.4 is 10.6 Å². The molecule has 0 unspecified atom stereocenters. The summed E-state index contributed by atoms with van der Waals surface area (Å²) in [4.78, 5) is 32.6. The van der Waals surface area contributed by atoms with Crippen LogP contribution in [0.1, 0.15) is 26.5 Å². The van der Waals surface area contributed by atoms with Gasteiger partial charge in [0.1, 0.15) is 23.0 Å². The molecule has 0 spiro atoms. The molecule has 0 fully saturated rings. The van der Waals surface area contributed by atoms with Crippen LogP contribution in [-0.2, 0) is 4.74 Å². The molecule has 3 rings (SSSR count). The molecule has 2 N–H and O–H groups in total. The maximum atomic E-state index is 13.9. The van der Waals surface area contributed by atoms with Gasteiger partial charge in [-0.2, -0.15) is 0 Å². The number of rotatable bonds is 5. The molecular weight excluding hydrogens is 382 g/mol. The molecule has 0 aliphatic heterocycles. The van der Waals surface area contributed by atoms with Crippen molar-refractivity contribution in [3.8, 4) is 0 Å². The van der Waals surface area contributed by atoms with Gasteiger partial charge in [-0.15, -0.1) is 0 Å². The second-order valence-corrected chi connectivity index (χ2v) is 5.93. The first-order valence-corrected chi connectivity index (χ1v) is 8.44. The lowest BCUT2D eigenvalue weighted by atomic mass is 10.1. The summed E-state index contributed by atoms with van der Waals surface area (Å²) in [6, 6.07) is 11.1. The van der Waals surface area contributed by atoms with Crippen molar-refractivity contribution in [2.75, 3.05) is 17.7 Å². The van der Waals surface area contributed by atoms with E-state index in [1.165, 1.54) is 31.4 Å². The van der Waals surface area contributed by atoms with Gasteiger partial charge < -0.3 is 15.4 Å². The number of nitrogens with one attached hydrogen (secondary N) is 2. The van der Waals surface area contributed by atoms with Crippen LogP contribution in [0.5, 0.6) is 0 Å². The van der Waals surface area contributed by atoms with E-state index in [4.69, 9.17) is 4.74 Å². The maximum absolute atomic E-state index is 13.9. The fourth-order valence-electron chi connectivity index (χ4n) is 2.54. The van der Waals surface area contributed by atoms with E-state index in [0.717, 1.165) is 12.1 Å². The fourth-order valence-corrected chi connectivity index (χ4v) is 2.54. The number of benzene rings is 2. The van der Waals surface area contributed by atoms with Crippen LogP contribution in [0, 0.1) is 18.6 Å². The molecule has 2 aromatic carbocycles. The number of aryl methyl sites for hydroxylation is 1. The number of amides is 1. The minimum atomic E-state index is -0.826. The van der Waals surface area contributed by atoms with Crippen molar-refractivity contribution in [2.24, 2.45) is 0 Å². The third kappa shape index (κ3) is 4.52. The van der Waals surface area contributed by atoms with E-state index in [2.05, 4.69) is 20.6 Å². The number of carbonyl (C=O) groups excluding carboxylic acids is 2. The highest BCUT2D eigenvalue weighted by Crippen LogP contribution is 2.22. The van der Waals surface area contributed by atoms with Crippen molar-refractivity contribution in [3.05, 3.63) is 77.1 Å². The Morgan fingerprint density at radius 2 is 1.69 bits per heavy atom. The number of carbonyl (C=O) groups is 2. The Hall–Kier alpha value is -3.88. The molecule has 29 heavy (non-hydrogen) atoms. The highest BCUT2D eigenvalue weighted by molar-refractivity contribution is 6.07. The molecule has 0 aliphatic rings. The maximum Gasteiger partial charge on any atom is 0.339 e. The number of hydrogen-bond acceptors (Lipinski definition) is 6. The van der Waals surface area contributed by atoms with Gasteiger partial charge in [0.05, 0.1) is 18.4 Å². The summed E-state index contributed by atoms with van der Waals surface area (Å²) in [7, 11) is 1.23. The Kier molecular flexibility index (Phi) is 5.77. The van der Waals surface area contributed by atoms with E-state index in [1.54, 1.807) is 19.1 Å². The van der Waals surface area contributed by atoms with Crippen molar-refractivity contribution in [1.82, 2.24) is 9.97 Å². The lowest BCUT2D eigenvalue weighted by molar-refractivity contribution is 0.0602. The van der Waals surface area contributed by atoms with Crippen molar-refractivity contribution in [1.29, 1.82) is 0 Å². The van der Waals surface area contributed by atoms with Crippen molar-refractivity contribution in [2.45, 2.75) is 6.92 Å². The summed E-state index contributed by atoms with van der Waals surface area (Å²) >= 11 is 0. The van der Waals surface area contributed by atoms with Crippen LogP contribution in [0.3, 0.4) is 0 Å². The Morgan fingerprint density at radius 3 is 2.38 bits per heavy atom. The predicted octanol–water partition coefficient (Wildman–Crippen LogP) is 3.85. The number of para-hydroxylation sites is 2. The third-order valence-corrected chi connectivity index (χ3v) is 3.87. The van der Waals surface area contributed by atoms with Gasteiger partial charge in [-0.3, -0.25) is 4.79 Å². The van der Waals surface area contributed by atoms with Crippen molar-refractivity contribution >= 4 is 29.2 Å². The number of halogens is 2. The van der Waals surface area contributed by atoms with E-state index < -0.39 is 29.2 Å². The van der Waals surface area contributed by atoms with Gasteiger partial charge in [0.15, 0.2) is 0 Å². The molecule has 7 nitrogen and oxygen atoms in total. The van der Waals surface area contributed by atoms with Crippen LogP contribution in [0.4, 0.5) is 26.1 Å². The summed E-state index contributed by atoms with van der Waals surface area (Å²) in [6.45, 7) is 1.60. The summed E-state index contributed by atoms with van der Waals surface area (Å²) in [5.41, 5.74) is 0.304. The normalized spacial score (nSPS) is 10.3. The number of anilines is 3. The molecule has 148 valence electrons. The molecule has 1 amide bonds. The fraction of sp³-hybridized carbons (Fsp3) is 0.100. The molecule has 3 aromatic rings. The first-order chi connectivity index (χ1) is 13.9. The van der Waals surface area contributed by atoms with Crippen LogP contribution in [-0.4, -0.2) is 29.0 Å². The van der Waals surface area contributed by atoms with Gasteiger partial charge in [0, 0.05) is 5.69 Å². The molecule has 0 atom stereocenters. The van der Waals surface area contributed by atoms with E-state index >= 15 is 0 Å². The second-order valence-electron chi connectivity index (χ2n) is 5.93. The summed E-state index contributed by atoms with van der Waals surface area (Å²) in [6.07, 6.45) is 0. The lowest BCUT2D eigenvalue weighted by Crippen LogP contribution is -2.18. The van der Waals surface area contributed by atoms with Gasteiger partial charge in [-0.05, 0) is 37.3 Å². The van der Waals surface area contributed by atoms with Crippen molar-refractivity contribution in [3.63, 3.8) is 0 Å². The number of aromatic nitrogens is 2. The monoisotopic (exact) mass is 398 g/mol. The number of nitrogens with zero attached hydrogens (tertiary/aromatic N) is 2. The van der Waals surface area contributed by atoms with Crippen LogP contribution in [0.25, 0.3) is 0 Å². The van der Waals surface area contributed by atoms with E-state index in [1.807, 2.05) is 0 Å². The summed E-state index contributed by atoms with van der Waals surface area (Å²) < 4.78 is 32.4. The Morgan fingerprint density at radius 1 is 1.00 bits per heavy atom. The van der Waals surface area contributed by atoms with E-state index in [9.17, 15) is 18.4 Å². The molecule has 0 saturated carbocycles. The number of hydrogen-bond donors (Lipinski definition) is 2. The minimum absolute atomic E-state index is 0.0589. The van der Waals surface area contributed by atoms with Crippen LogP contribution in [0.15, 0.2) is 48.5 Å². The second kappa shape index (κ2) is 8.42. The Bertz CT molecular complexity index is 1070. The zero-order chi connectivity index (χ0) is 21.0. The van der Waals surface area contributed by atoms with Gasteiger partial charge in [-0.1, -0.05) is 18.2 Å². The highest BCUT2D eigenvalue weighted by Gasteiger charge is 2.17. The first kappa shape index (κ1) is 19.9. The predicted molar refractivity (Wildman–Crippen MR) is 102 cm³/mol. The van der Waals surface area contributed by atoms with Crippen LogP contribution >= 0.6 is 0 Å². The highest BCUT2D eigenvalue weighted by atomic mass is 19.1. The average Bonchev–Trinajstić information content (AvgIpc) is 2.70. The van der Waals surface area contributed by atoms with Crippen molar-refractivity contribution < 1.29 is 23.1 Å². The Labute approximate surface area is 164 Å². The largest absolute Gasteiger partial charge is 0.465 e. The van der Waals surface area contributed by atoms with Gasteiger partial charge >= 0.3 is 5.97 Å². The molecule has 9 heteroatoms. The van der Waals surface area contributed by atoms with Gasteiger partial charge in [-0.25, -0.2) is 23.5 Å². The molecule has 1 heterocycles. The quantitative estimate of drug-likeness (QED) is 0.635. The van der Waals surface area contributed by atoms with E-state index in [0.29, 0.717) is 5.69 Å². The molecular formula is C20H16F2N4O3. The summed E-state index contributed by atoms with van der Waals surface area (Å²) in [5.74, 6) is -3.05. The third-order valence-electron chi connectivity index (χ3n) is 3.87. The number of ether oxygens (including phenoxy) is 1. The zero-order valence-electron chi connectivity index (χ0n) is 15.5. The topological polar surface area (TPSA) is 93.2 Å². The average molecular weight is 398 g/mol. The van der Waals surface area contributed by atoms with Gasteiger partial charge in [0.25, 0.3) is 5.91 Å². The molecule has 0 radical (unpaired) electrons. The molecule has 1 aromatic heterocycles. The molecule has 0 bridgehead atoms. The Balaban J connectivity index is 1.89. The number of methoxy groups -OCH3 is 1. The number of esters is 1. The van der Waals surface area contributed by atoms with Gasteiger partial charge in [0.2, 0.25) is 5.95 Å². The molecule has 0 saturated heterocycles. The minimum Gasteiger partial charge on any atom is -0.465 e. The molecule has 0 aliphatic carbocycles. The standard InChI is InChI=1S/C20H16F2N4O3/c1-11-10-16(18(27)24-15-9-4-3-6-12(15)19(28)29-2)25-20(23-11)26-17-13(21)7-5-8-14(17)22/h3-10H,1-2H3,(H,24,27)(H,23,25,26). The smallest absolute Gasteiger partial charge is 0.339 e. The van der Waals surface area contributed by atoms with E-state index in [-0.39, 0.29) is 22.9 Å². The first-order valence-electron chi connectivity index (χ1n) is 8.44. The SMILES string of the molecule is COC(=O)c1ccccc1NC(=O)c1cc(C)nc(Nc2c(F)cccc2F)n1.